The van der Waals surface area contributed by atoms with E-state index in [-0.39, 0.29) is 23.1 Å². The van der Waals surface area contributed by atoms with Gasteiger partial charge in [0.15, 0.2) is 26.5 Å². The second kappa shape index (κ2) is 7.45. The number of hydrogen-bond acceptors (Lipinski definition) is 7. The van der Waals surface area contributed by atoms with Gasteiger partial charge in [-0.3, -0.25) is 0 Å². The van der Waals surface area contributed by atoms with Gasteiger partial charge in [0.2, 0.25) is 0 Å². The summed E-state index contributed by atoms with van der Waals surface area (Å²) in [5, 5.41) is 5.51. The highest BCUT2D eigenvalue weighted by Gasteiger charge is 2.33. The summed E-state index contributed by atoms with van der Waals surface area (Å²) >= 11 is 1.40. The molecule has 4 heterocycles. The van der Waals surface area contributed by atoms with Gasteiger partial charge in [0.1, 0.15) is 17.3 Å². The van der Waals surface area contributed by atoms with Crippen molar-refractivity contribution in [1.29, 1.82) is 0 Å². The van der Waals surface area contributed by atoms with Crippen LogP contribution in [0.3, 0.4) is 0 Å². The molecule has 0 N–H and O–H groups in total. The summed E-state index contributed by atoms with van der Waals surface area (Å²) < 4.78 is 52.0. The maximum Gasteiger partial charge on any atom is 0.191 e. The van der Waals surface area contributed by atoms with E-state index >= 15 is 0 Å². The minimum Gasteiger partial charge on any atom is -0.356 e. The summed E-state index contributed by atoms with van der Waals surface area (Å²) in [5.74, 6) is 0.439. The lowest BCUT2D eigenvalue weighted by Gasteiger charge is -2.25. The summed E-state index contributed by atoms with van der Waals surface area (Å²) in [6.45, 7) is 1.74. The number of nitrogens with zero attached hydrogens (tertiary/aromatic N) is 5. The fourth-order valence-corrected chi connectivity index (χ4v) is 6.69. The van der Waals surface area contributed by atoms with Crippen molar-refractivity contribution in [3.05, 3.63) is 36.0 Å². The maximum atomic E-state index is 14.4. The molecule has 158 valence electrons. The predicted molar refractivity (Wildman–Crippen MR) is 111 cm³/mol. The second-order valence-corrected chi connectivity index (χ2v) is 10.8. The lowest BCUT2D eigenvalue weighted by molar-refractivity contribution is 0.545. The predicted octanol–water partition coefficient (Wildman–Crippen LogP) is 2.83. The molecule has 1 aromatic carbocycles. The number of rotatable bonds is 5. The summed E-state index contributed by atoms with van der Waals surface area (Å²) in [6.07, 6.45) is 3.74. The summed E-state index contributed by atoms with van der Waals surface area (Å²) in [5.41, 5.74) is 0.555. The van der Waals surface area contributed by atoms with E-state index in [2.05, 4.69) is 15.0 Å². The molecule has 2 saturated heterocycles. The van der Waals surface area contributed by atoms with Crippen molar-refractivity contribution in [3.63, 3.8) is 0 Å². The third-order valence-electron chi connectivity index (χ3n) is 5.36. The van der Waals surface area contributed by atoms with Crippen molar-refractivity contribution < 1.29 is 17.2 Å². The van der Waals surface area contributed by atoms with E-state index in [1.165, 1.54) is 28.6 Å². The van der Waals surface area contributed by atoms with Crippen LogP contribution in [0.5, 0.6) is 0 Å². The fraction of sp³-hybridized carbons (Fsp3) is 0.421. The van der Waals surface area contributed by atoms with Crippen LogP contribution in [0.15, 0.2) is 29.6 Å². The van der Waals surface area contributed by atoms with Crippen molar-refractivity contribution in [2.45, 2.75) is 18.0 Å². The molecule has 2 aromatic heterocycles. The van der Waals surface area contributed by atoms with Gasteiger partial charge in [0.05, 0.1) is 23.1 Å². The zero-order valence-corrected chi connectivity index (χ0v) is 17.6. The molecule has 0 unspecified atom stereocenters. The Labute approximate surface area is 176 Å². The molecule has 3 aromatic rings. The van der Waals surface area contributed by atoms with E-state index in [1.54, 1.807) is 6.20 Å². The third-order valence-corrected chi connectivity index (χ3v) is 8.40. The largest absolute Gasteiger partial charge is 0.356 e. The zero-order valence-electron chi connectivity index (χ0n) is 16.0. The first-order valence-corrected chi connectivity index (χ1v) is 12.5. The Morgan fingerprint density at radius 2 is 1.90 bits per heavy atom. The molecular weight excluding hydrogens is 432 g/mol. The minimum absolute atomic E-state index is 0.0917. The highest BCUT2D eigenvalue weighted by molar-refractivity contribution is 7.99. The topological polar surface area (TPSA) is 81.0 Å². The summed E-state index contributed by atoms with van der Waals surface area (Å²) in [6, 6.07) is 3.33. The standard InChI is InChI=1S/C19H19F2N5O2S2/c20-13-3-4-16(15(21)7-13)26-18-14(8-22-26)17(25-5-1-2-6-25)23-19(24-18)29-9-12-10-30(27,28)11-12/h3-4,7-8,12H,1-2,5-6,9-11H2. The van der Waals surface area contributed by atoms with Crippen LogP contribution in [-0.2, 0) is 9.84 Å². The van der Waals surface area contributed by atoms with Crippen LogP contribution in [0.25, 0.3) is 16.7 Å². The number of halogens is 2. The van der Waals surface area contributed by atoms with Crippen LogP contribution in [0.1, 0.15) is 12.8 Å². The molecular formula is C19H19F2N5O2S2. The molecule has 2 aliphatic rings. The van der Waals surface area contributed by atoms with Crippen LogP contribution >= 0.6 is 11.8 Å². The maximum absolute atomic E-state index is 14.4. The number of fused-ring (bicyclic) bond motifs is 1. The monoisotopic (exact) mass is 451 g/mol. The van der Waals surface area contributed by atoms with E-state index in [0.29, 0.717) is 21.9 Å². The molecule has 2 aliphatic heterocycles. The van der Waals surface area contributed by atoms with Gasteiger partial charge in [-0.25, -0.2) is 31.8 Å². The van der Waals surface area contributed by atoms with Gasteiger partial charge >= 0.3 is 0 Å². The molecule has 11 heteroatoms. The zero-order chi connectivity index (χ0) is 20.9. The van der Waals surface area contributed by atoms with Crippen molar-refractivity contribution in [1.82, 2.24) is 19.7 Å². The number of anilines is 1. The molecule has 7 nitrogen and oxygen atoms in total. The number of benzene rings is 1. The SMILES string of the molecule is O=S1(=O)CC(CSc2nc(N3CCCC3)c3cnn(-c4ccc(F)cc4F)c3n2)C1. The molecule has 0 spiro atoms. The molecule has 0 amide bonds. The van der Waals surface area contributed by atoms with Gasteiger partial charge in [0, 0.05) is 24.9 Å². The molecule has 0 saturated carbocycles. The van der Waals surface area contributed by atoms with Crippen molar-refractivity contribution in [3.8, 4) is 5.69 Å². The van der Waals surface area contributed by atoms with E-state index in [1.807, 2.05) is 0 Å². The van der Waals surface area contributed by atoms with E-state index < -0.39 is 21.5 Å². The van der Waals surface area contributed by atoms with E-state index in [0.717, 1.165) is 37.8 Å². The number of hydrogen-bond donors (Lipinski definition) is 0. The Bertz CT molecular complexity index is 1210. The number of aromatic nitrogens is 4. The summed E-state index contributed by atoms with van der Waals surface area (Å²) in [4.78, 5) is 11.5. The van der Waals surface area contributed by atoms with Crippen molar-refractivity contribution in [2.75, 3.05) is 35.2 Å². The van der Waals surface area contributed by atoms with Crippen LogP contribution in [0.4, 0.5) is 14.6 Å². The number of sulfone groups is 1. The summed E-state index contributed by atoms with van der Waals surface area (Å²) in [7, 11) is -2.88. The van der Waals surface area contributed by atoms with Crippen LogP contribution in [0, 0.1) is 17.6 Å². The fourth-order valence-electron chi connectivity index (χ4n) is 3.90. The Hall–Kier alpha value is -2.27. The van der Waals surface area contributed by atoms with E-state index in [4.69, 9.17) is 4.98 Å². The van der Waals surface area contributed by atoms with Crippen LogP contribution in [0.2, 0.25) is 0 Å². The van der Waals surface area contributed by atoms with Crippen molar-refractivity contribution in [2.24, 2.45) is 5.92 Å². The molecule has 2 fully saturated rings. The molecule has 0 bridgehead atoms. The van der Waals surface area contributed by atoms with Gasteiger partial charge < -0.3 is 4.90 Å². The second-order valence-electron chi connectivity index (χ2n) is 7.67. The van der Waals surface area contributed by atoms with E-state index in [9.17, 15) is 17.2 Å². The molecule has 30 heavy (non-hydrogen) atoms. The Morgan fingerprint density at radius 3 is 2.60 bits per heavy atom. The highest BCUT2D eigenvalue weighted by Crippen LogP contribution is 2.32. The smallest absolute Gasteiger partial charge is 0.191 e. The average molecular weight is 452 g/mol. The van der Waals surface area contributed by atoms with Crippen molar-refractivity contribution >= 4 is 38.5 Å². The minimum atomic E-state index is -2.88. The normalized spacial score (nSPS) is 18.8. The first-order chi connectivity index (χ1) is 14.4. The van der Waals surface area contributed by atoms with Gasteiger partial charge in [0.25, 0.3) is 0 Å². The highest BCUT2D eigenvalue weighted by atomic mass is 32.2. The van der Waals surface area contributed by atoms with Gasteiger partial charge in [-0.1, -0.05) is 11.8 Å². The molecule has 0 radical (unpaired) electrons. The Morgan fingerprint density at radius 1 is 1.13 bits per heavy atom. The number of thioether (sulfide) groups is 1. The third kappa shape index (κ3) is 3.64. The Balaban J connectivity index is 1.55. The molecule has 5 rings (SSSR count). The lowest BCUT2D eigenvalue weighted by Crippen LogP contribution is -2.37. The van der Waals surface area contributed by atoms with Gasteiger partial charge in [-0.05, 0) is 30.9 Å². The quantitative estimate of drug-likeness (QED) is 0.436. The first kappa shape index (κ1) is 19.7. The van der Waals surface area contributed by atoms with Crippen LogP contribution < -0.4 is 4.90 Å². The molecule has 0 atom stereocenters. The van der Waals surface area contributed by atoms with Crippen LogP contribution in [-0.4, -0.2) is 58.5 Å². The average Bonchev–Trinajstić information content (AvgIpc) is 3.34. The lowest BCUT2D eigenvalue weighted by atomic mass is 10.2. The Kier molecular flexibility index (Phi) is 4.89. The van der Waals surface area contributed by atoms with Gasteiger partial charge in [-0.2, -0.15) is 5.10 Å². The van der Waals surface area contributed by atoms with Gasteiger partial charge in [-0.15, -0.1) is 0 Å². The first-order valence-electron chi connectivity index (χ1n) is 9.69. The molecule has 0 aliphatic carbocycles.